The first-order chi connectivity index (χ1) is 13.7. The van der Waals surface area contributed by atoms with Gasteiger partial charge in [-0.1, -0.05) is 12.1 Å². The van der Waals surface area contributed by atoms with Gasteiger partial charge in [0.2, 0.25) is 0 Å². The number of nitrogens with zero attached hydrogens (tertiary/aromatic N) is 2. The smallest absolute Gasteiger partial charge is 0.279 e. The van der Waals surface area contributed by atoms with Gasteiger partial charge in [-0.15, -0.1) is 0 Å². The van der Waals surface area contributed by atoms with Gasteiger partial charge in [0.05, 0.1) is 0 Å². The van der Waals surface area contributed by atoms with Crippen LogP contribution in [0, 0.1) is 5.82 Å². The zero-order chi connectivity index (χ0) is 20.8. The van der Waals surface area contributed by atoms with Crippen LogP contribution in [0.1, 0.15) is 23.2 Å². The van der Waals surface area contributed by atoms with Crippen molar-refractivity contribution in [2.45, 2.75) is 31.8 Å². The molecular weight excluding hydrogens is 391 g/mol. The van der Waals surface area contributed by atoms with Crippen LogP contribution >= 0.6 is 0 Å². The molecule has 0 fully saturated rings. The first-order valence-electron chi connectivity index (χ1n) is 9.58. The standard InChI is InChI=1S/C21H25FN4O2S/c1-25(2)29(27,28)24-17-7-9-21-19(12-17)18-11-16(23)6-8-20(18)26(21)13-14-4-3-5-15(22)10-14/h3-6,8,10-11,17,24H,7,9,12-13,23H2,1-2H3. The van der Waals surface area contributed by atoms with E-state index in [0.29, 0.717) is 25.1 Å². The van der Waals surface area contributed by atoms with Crippen LogP contribution in [0.5, 0.6) is 0 Å². The lowest BCUT2D eigenvalue weighted by Gasteiger charge is -2.26. The molecule has 1 aliphatic carbocycles. The number of hydrogen-bond donors (Lipinski definition) is 2. The highest BCUT2D eigenvalue weighted by Gasteiger charge is 2.28. The van der Waals surface area contributed by atoms with Crippen molar-refractivity contribution in [3.63, 3.8) is 0 Å². The maximum atomic E-state index is 13.7. The van der Waals surface area contributed by atoms with Gasteiger partial charge in [-0.2, -0.15) is 17.4 Å². The molecular formula is C21H25FN4O2S. The van der Waals surface area contributed by atoms with Crippen molar-refractivity contribution in [2.75, 3.05) is 19.8 Å². The van der Waals surface area contributed by atoms with Crippen molar-refractivity contribution in [1.82, 2.24) is 13.6 Å². The topological polar surface area (TPSA) is 80.4 Å². The summed E-state index contributed by atoms with van der Waals surface area (Å²) in [5, 5.41) is 1.03. The van der Waals surface area contributed by atoms with E-state index in [1.54, 1.807) is 12.1 Å². The molecule has 0 aliphatic heterocycles. The number of nitrogens with two attached hydrogens (primary N) is 1. The molecule has 1 unspecified atom stereocenters. The molecule has 1 atom stereocenters. The Morgan fingerprint density at radius 3 is 2.76 bits per heavy atom. The van der Waals surface area contributed by atoms with Crippen LogP contribution in [0.4, 0.5) is 10.1 Å². The van der Waals surface area contributed by atoms with Gasteiger partial charge in [-0.05, 0) is 60.7 Å². The van der Waals surface area contributed by atoms with Gasteiger partial charge < -0.3 is 10.3 Å². The maximum absolute atomic E-state index is 13.7. The molecule has 0 radical (unpaired) electrons. The Morgan fingerprint density at radius 2 is 2.03 bits per heavy atom. The van der Waals surface area contributed by atoms with Crippen LogP contribution < -0.4 is 10.5 Å². The molecule has 3 N–H and O–H groups in total. The average Bonchev–Trinajstić information content (AvgIpc) is 2.94. The van der Waals surface area contributed by atoms with Crippen LogP contribution in [0.3, 0.4) is 0 Å². The van der Waals surface area contributed by atoms with Crippen LogP contribution in [0.15, 0.2) is 42.5 Å². The van der Waals surface area contributed by atoms with E-state index in [-0.39, 0.29) is 11.9 Å². The summed E-state index contributed by atoms with van der Waals surface area (Å²) >= 11 is 0. The van der Waals surface area contributed by atoms with E-state index in [2.05, 4.69) is 9.29 Å². The molecule has 29 heavy (non-hydrogen) atoms. The highest BCUT2D eigenvalue weighted by Crippen LogP contribution is 2.34. The van der Waals surface area contributed by atoms with Crippen LogP contribution in [0.2, 0.25) is 0 Å². The van der Waals surface area contributed by atoms with Gasteiger partial charge in [0.25, 0.3) is 10.2 Å². The van der Waals surface area contributed by atoms with E-state index >= 15 is 0 Å². The normalized spacial score (nSPS) is 17.0. The molecule has 6 nitrogen and oxygen atoms in total. The van der Waals surface area contributed by atoms with Crippen molar-refractivity contribution < 1.29 is 12.8 Å². The van der Waals surface area contributed by atoms with Crippen LogP contribution in [-0.4, -0.2) is 37.4 Å². The van der Waals surface area contributed by atoms with Crippen molar-refractivity contribution in [3.05, 3.63) is 65.1 Å². The van der Waals surface area contributed by atoms with Gasteiger partial charge in [0.15, 0.2) is 0 Å². The first kappa shape index (κ1) is 19.9. The second-order valence-electron chi connectivity index (χ2n) is 7.76. The third-order valence-corrected chi connectivity index (χ3v) is 7.11. The lowest BCUT2D eigenvalue weighted by Crippen LogP contribution is -2.44. The van der Waals surface area contributed by atoms with Crippen molar-refractivity contribution >= 4 is 26.8 Å². The lowest BCUT2D eigenvalue weighted by atomic mass is 9.92. The predicted molar refractivity (Wildman–Crippen MR) is 113 cm³/mol. The fourth-order valence-corrected chi connectivity index (χ4v) is 4.92. The zero-order valence-electron chi connectivity index (χ0n) is 16.5. The molecule has 0 bridgehead atoms. The number of halogens is 1. The highest BCUT2D eigenvalue weighted by atomic mass is 32.2. The van der Waals surface area contributed by atoms with Crippen LogP contribution in [-0.2, 0) is 29.6 Å². The molecule has 0 saturated carbocycles. The molecule has 8 heteroatoms. The Morgan fingerprint density at radius 1 is 1.24 bits per heavy atom. The largest absolute Gasteiger partial charge is 0.399 e. The van der Waals surface area contributed by atoms with E-state index in [0.717, 1.165) is 34.1 Å². The fourth-order valence-electron chi connectivity index (χ4n) is 4.08. The van der Waals surface area contributed by atoms with Gasteiger partial charge in [-0.25, -0.2) is 4.39 Å². The second-order valence-corrected chi connectivity index (χ2v) is 9.68. The minimum absolute atomic E-state index is 0.176. The summed E-state index contributed by atoms with van der Waals surface area (Å²) in [6.07, 6.45) is 2.04. The molecule has 4 rings (SSSR count). The van der Waals surface area contributed by atoms with Gasteiger partial charge in [0.1, 0.15) is 5.82 Å². The van der Waals surface area contributed by atoms with Gasteiger partial charge in [-0.3, -0.25) is 0 Å². The Labute approximate surface area is 170 Å². The van der Waals surface area contributed by atoms with E-state index in [1.807, 2.05) is 24.3 Å². The lowest BCUT2D eigenvalue weighted by molar-refractivity contribution is 0.461. The first-order valence-corrected chi connectivity index (χ1v) is 11.0. The number of nitrogen functional groups attached to an aromatic ring is 1. The van der Waals surface area contributed by atoms with E-state index in [4.69, 9.17) is 5.73 Å². The number of hydrogen-bond acceptors (Lipinski definition) is 3. The highest BCUT2D eigenvalue weighted by molar-refractivity contribution is 7.87. The molecule has 1 aromatic heterocycles. The van der Waals surface area contributed by atoms with E-state index < -0.39 is 10.2 Å². The van der Waals surface area contributed by atoms with E-state index in [1.165, 1.54) is 24.5 Å². The average molecular weight is 417 g/mol. The van der Waals surface area contributed by atoms with Gasteiger partial charge in [0, 0.05) is 49.0 Å². The van der Waals surface area contributed by atoms with Crippen LogP contribution in [0.25, 0.3) is 10.9 Å². The predicted octanol–water partition coefficient (Wildman–Crippen LogP) is 2.66. The molecule has 1 aliphatic rings. The summed E-state index contributed by atoms with van der Waals surface area (Å²) in [6, 6.07) is 12.2. The fraction of sp³-hybridized carbons (Fsp3) is 0.333. The molecule has 0 saturated heterocycles. The van der Waals surface area contributed by atoms with Gasteiger partial charge >= 0.3 is 0 Å². The monoisotopic (exact) mass is 416 g/mol. The summed E-state index contributed by atoms with van der Waals surface area (Å²) < 4.78 is 44.4. The SMILES string of the molecule is CN(C)S(=O)(=O)NC1CCc2c(c3cc(N)ccc3n2Cc2cccc(F)c2)C1. The number of rotatable bonds is 5. The number of nitrogens with one attached hydrogen (secondary N) is 1. The Bertz CT molecular complexity index is 1170. The summed E-state index contributed by atoms with van der Waals surface area (Å²) in [5.74, 6) is -0.254. The molecule has 2 aromatic carbocycles. The summed E-state index contributed by atoms with van der Waals surface area (Å²) in [4.78, 5) is 0. The number of aromatic nitrogens is 1. The number of fused-ring (bicyclic) bond motifs is 3. The van der Waals surface area contributed by atoms with Crippen molar-refractivity contribution in [1.29, 1.82) is 0 Å². The quantitative estimate of drug-likeness (QED) is 0.628. The van der Waals surface area contributed by atoms with Crippen molar-refractivity contribution in [3.8, 4) is 0 Å². The second kappa shape index (κ2) is 7.44. The summed E-state index contributed by atoms with van der Waals surface area (Å²) in [6.45, 7) is 0.557. The molecule has 154 valence electrons. The Hall–Kier alpha value is -2.42. The molecule has 0 amide bonds. The Balaban J connectivity index is 1.75. The van der Waals surface area contributed by atoms with E-state index in [9.17, 15) is 12.8 Å². The maximum Gasteiger partial charge on any atom is 0.279 e. The third kappa shape index (κ3) is 3.88. The minimum atomic E-state index is -3.50. The molecule has 0 spiro atoms. The van der Waals surface area contributed by atoms with Crippen molar-refractivity contribution in [2.24, 2.45) is 0 Å². The number of anilines is 1. The summed E-state index contributed by atoms with van der Waals surface area (Å²) in [7, 11) is -0.466. The molecule has 3 aromatic rings. The summed E-state index contributed by atoms with van der Waals surface area (Å²) in [5.41, 5.74) is 10.9. The Kier molecular flexibility index (Phi) is 5.10. The number of benzene rings is 2. The molecule has 1 heterocycles. The minimum Gasteiger partial charge on any atom is -0.399 e. The zero-order valence-corrected chi connectivity index (χ0v) is 17.3. The third-order valence-electron chi connectivity index (χ3n) is 5.52.